The highest BCUT2D eigenvalue weighted by Gasteiger charge is 2.07. The van der Waals surface area contributed by atoms with Crippen LogP contribution in [0.5, 0.6) is 0 Å². The molecule has 0 aliphatic heterocycles. The predicted octanol–water partition coefficient (Wildman–Crippen LogP) is 1.30. The third-order valence-electron chi connectivity index (χ3n) is 1.85. The molecule has 1 N–H and O–H groups in total. The van der Waals surface area contributed by atoms with Crippen molar-refractivity contribution in [2.24, 2.45) is 0 Å². The van der Waals surface area contributed by atoms with Crippen molar-refractivity contribution in [3.05, 3.63) is 38.3 Å². The van der Waals surface area contributed by atoms with Crippen molar-refractivity contribution in [2.75, 3.05) is 5.75 Å². The van der Waals surface area contributed by atoms with E-state index in [1.807, 2.05) is 0 Å². The van der Waals surface area contributed by atoms with E-state index in [0.717, 1.165) is 24.0 Å². The first-order valence-corrected chi connectivity index (χ1v) is 5.98. The van der Waals surface area contributed by atoms with Crippen LogP contribution in [0.4, 0.5) is 5.69 Å². The number of carbonyl (C=O) groups is 1. The van der Waals surface area contributed by atoms with Crippen LogP contribution in [0.3, 0.4) is 0 Å². The summed E-state index contributed by atoms with van der Waals surface area (Å²) in [7, 11) is 0. The Morgan fingerprint density at radius 1 is 1.61 bits per heavy atom. The fourth-order valence-corrected chi connectivity index (χ4v) is 1.57. The number of carbonyl (C=O) groups excluding carboxylic acids is 1. The molecule has 1 rings (SSSR count). The highest BCUT2D eigenvalue weighted by molar-refractivity contribution is 8.13. The second-order valence-electron chi connectivity index (χ2n) is 3.25. The smallest absolute Gasteiger partial charge is 0.286 e. The van der Waals surface area contributed by atoms with E-state index in [0.29, 0.717) is 12.2 Å². The highest BCUT2D eigenvalue weighted by atomic mass is 32.2. The largest absolute Gasteiger partial charge is 0.322 e. The summed E-state index contributed by atoms with van der Waals surface area (Å²) in [6, 6.07) is 1.13. The predicted molar refractivity (Wildman–Crippen MR) is 68.4 cm³/mol. The molecule has 0 radical (unpaired) electrons. The van der Waals surface area contributed by atoms with Gasteiger partial charge in [-0.15, -0.1) is 0 Å². The lowest BCUT2D eigenvalue weighted by atomic mass is 10.2. The number of aromatic nitrogens is 1. The topological polar surface area (TPSA) is 93.1 Å². The molecular weight excluding hydrogens is 256 g/mol. The minimum atomic E-state index is -0.604. The van der Waals surface area contributed by atoms with Gasteiger partial charge < -0.3 is 4.98 Å². The maximum Gasteiger partial charge on any atom is 0.286 e. The molecule has 0 aliphatic rings. The molecule has 0 unspecified atom stereocenters. The van der Waals surface area contributed by atoms with E-state index >= 15 is 0 Å². The molecule has 0 aromatic carbocycles. The molecule has 1 heterocycles. The highest BCUT2D eigenvalue weighted by Crippen LogP contribution is 2.07. The molecule has 0 aliphatic carbocycles. The number of rotatable bonds is 3. The lowest BCUT2D eigenvalue weighted by Gasteiger charge is -1.92. The lowest BCUT2D eigenvalue weighted by molar-refractivity contribution is -0.385. The SMILES string of the molecule is CC(=O)SCCC#Cc1cc([N+](=O)[O-])c[nH]c1=O. The molecule has 0 bridgehead atoms. The van der Waals surface area contributed by atoms with Gasteiger partial charge in [-0.2, -0.15) is 0 Å². The van der Waals surface area contributed by atoms with Gasteiger partial charge in [0.25, 0.3) is 11.2 Å². The maximum absolute atomic E-state index is 11.3. The molecule has 0 saturated heterocycles. The zero-order valence-corrected chi connectivity index (χ0v) is 10.4. The number of hydrogen-bond acceptors (Lipinski definition) is 5. The Morgan fingerprint density at radius 2 is 2.33 bits per heavy atom. The van der Waals surface area contributed by atoms with Crippen LogP contribution in [0.15, 0.2) is 17.1 Å². The molecule has 0 amide bonds. The van der Waals surface area contributed by atoms with Crippen LogP contribution in [0.25, 0.3) is 0 Å². The first kappa shape index (κ1) is 14.0. The third kappa shape index (κ3) is 4.43. The zero-order chi connectivity index (χ0) is 13.5. The summed E-state index contributed by atoms with van der Waals surface area (Å²) in [6.45, 7) is 1.46. The van der Waals surface area contributed by atoms with Gasteiger partial charge in [-0.25, -0.2) is 0 Å². The Bertz CT molecular complexity index is 583. The second-order valence-corrected chi connectivity index (χ2v) is 4.52. The average molecular weight is 266 g/mol. The quantitative estimate of drug-likeness (QED) is 0.385. The average Bonchev–Trinajstić information content (AvgIpc) is 2.30. The Kier molecular flexibility index (Phi) is 5.14. The van der Waals surface area contributed by atoms with Crippen LogP contribution in [-0.4, -0.2) is 20.8 Å². The summed E-state index contributed by atoms with van der Waals surface area (Å²) in [5, 5.41) is 10.5. The Morgan fingerprint density at radius 3 is 2.94 bits per heavy atom. The Hall–Kier alpha value is -2.07. The molecule has 0 spiro atoms. The minimum absolute atomic E-state index is 0.00463. The van der Waals surface area contributed by atoms with Gasteiger partial charge in [0.1, 0.15) is 0 Å². The van der Waals surface area contributed by atoms with E-state index < -0.39 is 10.5 Å². The van der Waals surface area contributed by atoms with Crippen molar-refractivity contribution in [1.29, 1.82) is 0 Å². The molecule has 6 nitrogen and oxygen atoms in total. The van der Waals surface area contributed by atoms with Crippen molar-refractivity contribution in [1.82, 2.24) is 4.98 Å². The molecule has 1 aromatic rings. The summed E-state index contributed by atoms with van der Waals surface area (Å²) >= 11 is 1.14. The number of aromatic amines is 1. The Balaban J connectivity index is 2.75. The van der Waals surface area contributed by atoms with Gasteiger partial charge >= 0.3 is 0 Å². The van der Waals surface area contributed by atoms with Crippen molar-refractivity contribution in [3.63, 3.8) is 0 Å². The number of nitrogens with zero attached hydrogens (tertiary/aromatic N) is 1. The summed E-state index contributed by atoms with van der Waals surface area (Å²) in [6.07, 6.45) is 1.46. The first-order valence-electron chi connectivity index (χ1n) is 5.00. The van der Waals surface area contributed by atoms with Crippen LogP contribution >= 0.6 is 11.8 Å². The second kappa shape index (κ2) is 6.61. The number of thioether (sulfide) groups is 1. The summed E-state index contributed by atoms with van der Waals surface area (Å²) in [4.78, 5) is 34.1. The molecule has 7 heteroatoms. The van der Waals surface area contributed by atoms with Crippen molar-refractivity contribution >= 4 is 22.6 Å². The normalized spacial score (nSPS) is 9.39. The summed E-state index contributed by atoms with van der Waals surface area (Å²) in [5.41, 5.74) is -0.624. The fourth-order valence-electron chi connectivity index (χ4n) is 1.07. The number of nitrogens with one attached hydrogen (secondary N) is 1. The first-order chi connectivity index (χ1) is 8.50. The van der Waals surface area contributed by atoms with Crippen molar-refractivity contribution < 1.29 is 9.72 Å². The van der Waals surface area contributed by atoms with E-state index in [2.05, 4.69) is 16.8 Å². The van der Waals surface area contributed by atoms with Gasteiger partial charge in [0, 0.05) is 25.2 Å². The lowest BCUT2D eigenvalue weighted by Crippen LogP contribution is -2.09. The maximum atomic E-state index is 11.3. The van der Waals surface area contributed by atoms with Crippen LogP contribution in [0.2, 0.25) is 0 Å². The van der Waals surface area contributed by atoms with Gasteiger partial charge in [-0.05, 0) is 0 Å². The van der Waals surface area contributed by atoms with E-state index in [1.54, 1.807) is 0 Å². The van der Waals surface area contributed by atoms with E-state index in [9.17, 15) is 19.7 Å². The van der Waals surface area contributed by atoms with E-state index in [-0.39, 0.29) is 16.4 Å². The molecule has 18 heavy (non-hydrogen) atoms. The van der Waals surface area contributed by atoms with Gasteiger partial charge in [0.15, 0.2) is 5.12 Å². The van der Waals surface area contributed by atoms with Gasteiger partial charge in [0.05, 0.1) is 16.7 Å². The van der Waals surface area contributed by atoms with Gasteiger partial charge in [0.2, 0.25) is 0 Å². The fraction of sp³-hybridized carbons (Fsp3) is 0.273. The number of hydrogen-bond donors (Lipinski definition) is 1. The van der Waals surface area contributed by atoms with Crippen molar-refractivity contribution in [2.45, 2.75) is 13.3 Å². The molecule has 94 valence electrons. The molecule has 0 saturated carbocycles. The van der Waals surface area contributed by atoms with E-state index in [1.165, 1.54) is 6.92 Å². The molecular formula is C11H10N2O4S. The van der Waals surface area contributed by atoms with Crippen molar-refractivity contribution in [3.8, 4) is 11.8 Å². The molecule has 0 fully saturated rings. The van der Waals surface area contributed by atoms with E-state index in [4.69, 9.17) is 0 Å². The number of nitro groups is 1. The van der Waals surface area contributed by atoms with Crippen LogP contribution in [0, 0.1) is 22.0 Å². The summed E-state index contributed by atoms with van der Waals surface area (Å²) in [5.74, 6) is 5.79. The van der Waals surface area contributed by atoms with Gasteiger partial charge in [-0.3, -0.25) is 19.7 Å². The zero-order valence-electron chi connectivity index (χ0n) is 9.56. The molecule has 1 aromatic heterocycles. The monoisotopic (exact) mass is 266 g/mol. The Labute approximate surface area is 107 Å². The number of H-pyrrole nitrogens is 1. The summed E-state index contributed by atoms with van der Waals surface area (Å²) < 4.78 is 0. The van der Waals surface area contributed by atoms with Crippen LogP contribution in [-0.2, 0) is 4.79 Å². The van der Waals surface area contributed by atoms with Crippen LogP contribution in [0.1, 0.15) is 18.9 Å². The van der Waals surface area contributed by atoms with Gasteiger partial charge in [-0.1, -0.05) is 23.6 Å². The minimum Gasteiger partial charge on any atom is -0.322 e. The molecule has 0 atom stereocenters. The number of pyridine rings is 1. The third-order valence-corrected chi connectivity index (χ3v) is 2.67. The van der Waals surface area contributed by atoms with Crippen LogP contribution < -0.4 is 5.56 Å². The standard InChI is InChI=1S/C11H10N2O4S/c1-8(14)18-5-3-2-4-9-6-10(13(16)17)7-12-11(9)15/h6-7H,3,5H2,1H3,(H,12,15).